The molecular formula is C58H103NO5. The van der Waals surface area contributed by atoms with E-state index in [2.05, 4.69) is 99.0 Å². The summed E-state index contributed by atoms with van der Waals surface area (Å²) in [5.41, 5.74) is 0. The lowest BCUT2D eigenvalue weighted by atomic mass is 10.0. The van der Waals surface area contributed by atoms with Crippen LogP contribution in [-0.2, 0) is 14.3 Å². The molecule has 6 nitrogen and oxygen atoms in total. The predicted octanol–water partition coefficient (Wildman–Crippen LogP) is 16.6. The fourth-order valence-corrected chi connectivity index (χ4v) is 7.95. The molecule has 0 radical (unpaired) electrons. The zero-order chi connectivity index (χ0) is 46.7. The Hall–Kier alpha value is -2.70. The van der Waals surface area contributed by atoms with Crippen LogP contribution in [0.3, 0.4) is 0 Å². The molecule has 3 unspecified atom stereocenters. The summed E-state index contributed by atoms with van der Waals surface area (Å²) in [6.45, 7) is 6.35. The van der Waals surface area contributed by atoms with Gasteiger partial charge in [-0.25, -0.2) is 0 Å². The summed E-state index contributed by atoms with van der Waals surface area (Å²) in [7, 11) is 0. The first-order chi connectivity index (χ1) is 31.5. The average Bonchev–Trinajstić information content (AvgIpc) is 3.29. The third-order valence-electron chi connectivity index (χ3n) is 12.0. The Morgan fingerprint density at radius 2 is 0.906 bits per heavy atom. The maximum Gasteiger partial charge on any atom is 0.306 e. The molecule has 0 aromatic heterocycles. The molecule has 0 aliphatic rings. The van der Waals surface area contributed by atoms with Gasteiger partial charge in [0.2, 0.25) is 5.91 Å². The molecule has 0 aliphatic carbocycles. The van der Waals surface area contributed by atoms with Crippen molar-refractivity contribution in [3.8, 4) is 0 Å². The van der Waals surface area contributed by atoms with E-state index in [-0.39, 0.29) is 24.9 Å². The van der Waals surface area contributed by atoms with Crippen LogP contribution in [0.5, 0.6) is 0 Å². The largest absolute Gasteiger partial charge is 0.462 e. The zero-order valence-electron chi connectivity index (χ0n) is 42.1. The van der Waals surface area contributed by atoms with Gasteiger partial charge >= 0.3 is 5.97 Å². The first-order valence-corrected chi connectivity index (χ1v) is 27.2. The molecule has 0 rings (SSSR count). The molecule has 6 heteroatoms. The molecular weight excluding hydrogens is 791 g/mol. The summed E-state index contributed by atoms with van der Waals surface area (Å²) in [5.74, 6) is -0.545. The fourth-order valence-electron chi connectivity index (χ4n) is 7.95. The Morgan fingerprint density at radius 3 is 1.39 bits per heavy atom. The van der Waals surface area contributed by atoms with E-state index in [1.54, 1.807) is 0 Å². The number of ether oxygens (including phenoxy) is 1. The lowest BCUT2D eigenvalue weighted by Crippen LogP contribution is -2.46. The van der Waals surface area contributed by atoms with E-state index < -0.39 is 18.2 Å². The Labute approximate surface area is 396 Å². The number of unbranched alkanes of at least 4 members (excludes halogenated alkanes) is 25. The number of allylic oxidation sites excluding steroid dienone is 12. The highest BCUT2D eigenvalue weighted by atomic mass is 16.5. The van der Waals surface area contributed by atoms with Crippen LogP contribution in [0, 0.1) is 0 Å². The van der Waals surface area contributed by atoms with Crippen molar-refractivity contribution in [1.82, 2.24) is 5.32 Å². The van der Waals surface area contributed by atoms with Crippen molar-refractivity contribution >= 4 is 11.9 Å². The molecule has 64 heavy (non-hydrogen) atoms. The van der Waals surface area contributed by atoms with Crippen LogP contribution in [0.15, 0.2) is 72.9 Å². The molecule has 0 aliphatic heterocycles. The number of carbonyl (C=O) groups is 2. The molecule has 3 atom stereocenters. The van der Waals surface area contributed by atoms with Gasteiger partial charge < -0.3 is 20.3 Å². The standard InChI is InChI=1S/C58H103NO5/c1-4-7-10-13-16-19-22-25-27-28-29-30-33-36-39-42-45-48-51-58(63)64-54(49-46-43-40-37-34-32-26-23-20-17-14-11-8-5-2)52-57(62)59-55(53-60)56(61)50-47-44-41-38-35-31-24-21-18-15-12-9-6-3/h8,11,17,20,26-30,32,37,40,54-56,60-61H,4-7,9-10,12-16,18-19,21-25,31,33-36,38-39,41-53H2,1-3H3,(H,59,62)/b11-8+,20-17+,28-27+,30-29+,32-26+,40-37+. The average molecular weight is 894 g/mol. The van der Waals surface area contributed by atoms with Gasteiger partial charge in [-0.3, -0.25) is 9.59 Å². The Balaban J connectivity index is 4.66. The molecule has 0 aromatic rings. The van der Waals surface area contributed by atoms with E-state index in [1.165, 1.54) is 116 Å². The van der Waals surface area contributed by atoms with Crippen molar-refractivity contribution in [3.05, 3.63) is 72.9 Å². The third-order valence-corrected chi connectivity index (χ3v) is 12.0. The van der Waals surface area contributed by atoms with Crippen molar-refractivity contribution in [2.45, 2.75) is 277 Å². The fraction of sp³-hybridized carbons (Fsp3) is 0.759. The third kappa shape index (κ3) is 45.9. The molecule has 0 aromatic carbocycles. The van der Waals surface area contributed by atoms with Gasteiger partial charge in [0.1, 0.15) is 6.10 Å². The van der Waals surface area contributed by atoms with E-state index in [9.17, 15) is 19.8 Å². The van der Waals surface area contributed by atoms with Crippen LogP contribution in [0.2, 0.25) is 0 Å². The van der Waals surface area contributed by atoms with Crippen LogP contribution in [0.1, 0.15) is 258 Å². The minimum atomic E-state index is -0.807. The number of hydrogen-bond donors (Lipinski definition) is 3. The number of esters is 1. The number of nitrogens with one attached hydrogen (secondary N) is 1. The van der Waals surface area contributed by atoms with Gasteiger partial charge in [0.05, 0.1) is 25.2 Å². The number of hydrogen-bond acceptors (Lipinski definition) is 5. The lowest BCUT2D eigenvalue weighted by Gasteiger charge is -2.24. The molecule has 0 bridgehead atoms. The highest BCUT2D eigenvalue weighted by Crippen LogP contribution is 2.17. The van der Waals surface area contributed by atoms with Crippen molar-refractivity contribution in [1.29, 1.82) is 0 Å². The van der Waals surface area contributed by atoms with E-state index in [0.717, 1.165) is 96.3 Å². The summed E-state index contributed by atoms with van der Waals surface area (Å²) in [5, 5.41) is 23.8. The van der Waals surface area contributed by atoms with Gasteiger partial charge in [-0.15, -0.1) is 0 Å². The molecule has 0 saturated heterocycles. The first kappa shape index (κ1) is 61.3. The number of rotatable bonds is 48. The molecule has 0 spiro atoms. The molecule has 3 N–H and O–H groups in total. The first-order valence-electron chi connectivity index (χ1n) is 27.2. The Morgan fingerprint density at radius 1 is 0.484 bits per heavy atom. The van der Waals surface area contributed by atoms with E-state index in [4.69, 9.17) is 4.74 Å². The Kier molecular flexibility index (Phi) is 49.1. The summed E-state index contributed by atoms with van der Waals surface area (Å²) >= 11 is 0. The van der Waals surface area contributed by atoms with E-state index in [0.29, 0.717) is 19.3 Å². The number of carbonyl (C=O) groups excluding carboxylic acids is 2. The second-order valence-corrected chi connectivity index (χ2v) is 18.3. The van der Waals surface area contributed by atoms with Crippen molar-refractivity contribution in [2.75, 3.05) is 6.61 Å². The molecule has 0 heterocycles. The van der Waals surface area contributed by atoms with E-state index in [1.807, 2.05) is 0 Å². The summed E-state index contributed by atoms with van der Waals surface area (Å²) in [6, 6.07) is -0.725. The van der Waals surface area contributed by atoms with Crippen molar-refractivity contribution in [3.63, 3.8) is 0 Å². The van der Waals surface area contributed by atoms with Crippen molar-refractivity contribution < 1.29 is 24.5 Å². The highest BCUT2D eigenvalue weighted by Gasteiger charge is 2.24. The maximum atomic E-state index is 13.2. The van der Waals surface area contributed by atoms with Gasteiger partial charge in [0.25, 0.3) is 0 Å². The van der Waals surface area contributed by atoms with Crippen LogP contribution in [0.4, 0.5) is 0 Å². The van der Waals surface area contributed by atoms with E-state index >= 15 is 0 Å². The van der Waals surface area contributed by atoms with Gasteiger partial charge in [0.15, 0.2) is 0 Å². The molecule has 370 valence electrons. The smallest absolute Gasteiger partial charge is 0.306 e. The number of aliphatic hydroxyl groups excluding tert-OH is 2. The highest BCUT2D eigenvalue weighted by molar-refractivity contribution is 5.77. The van der Waals surface area contributed by atoms with Gasteiger partial charge in [-0.1, -0.05) is 235 Å². The number of amides is 1. The predicted molar refractivity (Wildman–Crippen MR) is 278 cm³/mol. The molecule has 0 fully saturated rings. The molecule has 1 amide bonds. The minimum Gasteiger partial charge on any atom is -0.462 e. The second-order valence-electron chi connectivity index (χ2n) is 18.3. The lowest BCUT2D eigenvalue weighted by molar-refractivity contribution is -0.151. The summed E-state index contributed by atoms with van der Waals surface area (Å²) in [6.07, 6.45) is 65.4. The SMILES string of the molecule is CC/C=C/C/C=C/C/C=C/C/C=C/CCCC(CC(=O)NC(CO)C(O)CCCCCCCCCCCCCCC)OC(=O)CCCCCCC/C=C/C=C/CCCCCCCCC. The zero-order valence-corrected chi connectivity index (χ0v) is 42.1. The van der Waals surface area contributed by atoms with Crippen LogP contribution in [-0.4, -0.2) is 46.9 Å². The molecule has 0 saturated carbocycles. The summed E-state index contributed by atoms with van der Waals surface area (Å²) in [4.78, 5) is 26.2. The minimum absolute atomic E-state index is 0.0315. The maximum absolute atomic E-state index is 13.2. The van der Waals surface area contributed by atoms with Crippen LogP contribution in [0.25, 0.3) is 0 Å². The topological polar surface area (TPSA) is 95.9 Å². The summed E-state index contributed by atoms with van der Waals surface area (Å²) < 4.78 is 5.91. The van der Waals surface area contributed by atoms with Gasteiger partial charge in [-0.05, 0) is 83.5 Å². The second kappa shape index (κ2) is 51.3. The van der Waals surface area contributed by atoms with Gasteiger partial charge in [-0.2, -0.15) is 0 Å². The normalized spacial score (nSPS) is 13.8. The van der Waals surface area contributed by atoms with Gasteiger partial charge in [0, 0.05) is 6.42 Å². The quantitative estimate of drug-likeness (QED) is 0.0245. The van der Waals surface area contributed by atoms with Crippen molar-refractivity contribution in [2.24, 2.45) is 0 Å². The van der Waals surface area contributed by atoms with Crippen LogP contribution >= 0.6 is 0 Å². The monoisotopic (exact) mass is 894 g/mol. The Bertz CT molecular complexity index is 1190. The van der Waals surface area contributed by atoms with Crippen LogP contribution < -0.4 is 5.32 Å². The number of aliphatic hydroxyl groups is 2.